The van der Waals surface area contributed by atoms with Crippen molar-refractivity contribution in [1.29, 1.82) is 0 Å². The van der Waals surface area contributed by atoms with Gasteiger partial charge >= 0.3 is 7.69 Å². The molecule has 3 nitrogen and oxygen atoms in total. The van der Waals surface area contributed by atoms with Crippen molar-refractivity contribution in [2.45, 2.75) is 0 Å². The molecule has 0 unspecified atom stereocenters. The van der Waals surface area contributed by atoms with Gasteiger partial charge in [-0.1, -0.05) is 30.3 Å². The summed E-state index contributed by atoms with van der Waals surface area (Å²) in [5.41, 5.74) is 0. The summed E-state index contributed by atoms with van der Waals surface area (Å²) >= 11 is 0. The minimum absolute atomic E-state index is 0. The van der Waals surface area contributed by atoms with Crippen LogP contribution in [0.2, 0.25) is 0 Å². The number of rotatable bonds is 1. The van der Waals surface area contributed by atoms with E-state index in [0.717, 1.165) is 5.75 Å². The van der Waals surface area contributed by atoms with Crippen LogP contribution in [0.25, 0.3) is 10.8 Å². The maximum Gasteiger partial charge on any atom is 0.482 e. The van der Waals surface area contributed by atoms with E-state index in [-0.39, 0.29) is 7.69 Å². The molecule has 77 valence electrons. The lowest BCUT2D eigenvalue weighted by atomic mass is 10.1. The van der Waals surface area contributed by atoms with Crippen LogP contribution in [0, 0.1) is 0 Å². The highest BCUT2D eigenvalue weighted by atomic mass is 16.5. The van der Waals surface area contributed by atoms with E-state index in [0.29, 0.717) is 0 Å². The van der Waals surface area contributed by atoms with Crippen LogP contribution in [0.5, 0.6) is 5.75 Å². The molecule has 0 spiro atoms. The van der Waals surface area contributed by atoms with Gasteiger partial charge in [0.15, 0.2) is 0 Å². The predicted molar refractivity (Wildman–Crippen MR) is 60.7 cm³/mol. The number of benzene rings is 2. The normalized spacial score (nSPS) is 9.00. The monoisotopic (exact) mass is 203 g/mol. The van der Waals surface area contributed by atoms with Crippen LogP contribution in [0.1, 0.15) is 0 Å². The number of hydrogen-bond donors (Lipinski definition) is 2. The van der Waals surface area contributed by atoms with Crippen molar-refractivity contribution in [3.05, 3.63) is 42.5 Å². The Balaban J connectivity index is 0.000000337. The van der Waals surface area contributed by atoms with Crippen LogP contribution >= 0.6 is 0 Å². The minimum atomic E-state index is 0. The Labute approximate surface area is 89.2 Å². The maximum absolute atomic E-state index is 7.00. The van der Waals surface area contributed by atoms with E-state index in [4.69, 9.17) is 14.8 Å². The topological polar surface area (TPSA) is 49.7 Å². The Morgan fingerprint density at radius 3 is 2.20 bits per heavy atom. The molecule has 0 bridgehead atoms. The molecule has 0 fully saturated rings. The van der Waals surface area contributed by atoms with E-state index < -0.39 is 0 Å². The van der Waals surface area contributed by atoms with Crippen molar-refractivity contribution in [2.75, 3.05) is 7.11 Å². The van der Waals surface area contributed by atoms with Gasteiger partial charge in [-0.3, -0.25) is 0 Å². The first-order valence-electron chi connectivity index (χ1n) is 4.44. The lowest BCUT2D eigenvalue weighted by molar-refractivity contribution is 0.415. The van der Waals surface area contributed by atoms with Gasteiger partial charge < -0.3 is 14.8 Å². The smallest absolute Gasteiger partial charge is 0.482 e. The zero-order chi connectivity index (χ0) is 11.1. The van der Waals surface area contributed by atoms with Gasteiger partial charge in [-0.15, -0.1) is 0 Å². The Morgan fingerprint density at radius 1 is 1.00 bits per heavy atom. The van der Waals surface area contributed by atoms with Crippen LogP contribution in [0.15, 0.2) is 42.5 Å². The van der Waals surface area contributed by atoms with Crippen molar-refractivity contribution >= 4 is 18.5 Å². The van der Waals surface area contributed by atoms with Crippen LogP contribution in [0.3, 0.4) is 0 Å². The standard InChI is InChI=1S/C11H10O.BH2O2/c1-12-11-7-6-9-4-2-3-5-10(9)8-11;2-1-3/h2-8H,1H3;2-3H. The molecule has 1 radical (unpaired) electrons. The van der Waals surface area contributed by atoms with Gasteiger partial charge in [0, 0.05) is 0 Å². The highest BCUT2D eigenvalue weighted by molar-refractivity contribution is 6.13. The molecule has 2 N–H and O–H groups in total. The van der Waals surface area contributed by atoms with E-state index >= 15 is 0 Å². The van der Waals surface area contributed by atoms with Crippen molar-refractivity contribution in [1.82, 2.24) is 0 Å². The molecule has 4 heteroatoms. The molecule has 0 aliphatic heterocycles. The van der Waals surface area contributed by atoms with Crippen LogP contribution in [-0.2, 0) is 0 Å². The number of hydrogen-bond acceptors (Lipinski definition) is 3. The SMILES string of the molecule is COc1ccc2ccccc2c1.O[B]O. The summed E-state index contributed by atoms with van der Waals surface area (Å²) in [5, 5.41) is 16.5. The summed E-state index contributed by atoms with van der Waals surface area (Å²) in [7, 11) is 1.68. The molecule has 2 aromatic carbocycles. The first-order chi connectivity index (χ1) is 7.31. The third-order valence-electron chi connectivity index (χ3n) is 1.96. The molecule has 0 aliphatic rings. The summed E-state index contributed by atoms with van der Waals surface area (Å²) in [6.07, 6.45) is 0. The zero-order valence-corrected chi connectivity index (χ0v) is 8.42. The highest BCUT2D eigenvalue weighted by Crippen LogP contribution is 2.19. The molecule has 0 saturated heterocycles. The largest absolute Gasteiger partial charge is 0.497 e. The number of methoxy groups -OCH3 is 1. The van der Waals surface area contributed by atoms with Crippen molar-refractivity contribution < 1.29 is 14.8 Å². The summed E-state index contributed by atoms with van der Waals surface area (Å²) in [4.78, 5) is 0. The van der Waals surface area contributed by atoms with Gasteiger partial charge in [0.2, 0.25) is 0 Å². The Kier molecular flexibility index (Phi) is 4.67. The molecule has 2 rings (SSSR count). The fourth-order valence-electron chi connectivity index (χ4n) is 1.29. The summed E-state index contributed by atoms with van der Waals surface area (Å²) in [6, 6.07) is 14.3. The zero-order valence-electron chi connectivity index (χ0n) is 8.42. The van der Waals surface area contributed by atoms with Crippen LogP contribution in [0.4, 0.5) is 0 Å². The quantitative estimate of drug-likeness (QED) is 0.687. The first-order valence-corrected chi connectivity index (χ1v) is 4.44. The lowest BCUT2D eigenvalue weighted by Gasteiger charge is -2.00. The Bertz CT molecular complexity index is 417. The van der Waals surface area contributed by atoms with Gasteiger partial charge in [-0.05, 0) is 22.9 Å². The molecule has 0 saturated carbocycles. The second-order valence-electron chi connectivity index (χ2n) is 2.83. The van der Waals surface area contributed by atoms with Gasteiger partial charge in [0.1, 0.15) is 5.75 Å². The molecule has 0 amide bonds. The Morgan fingerprint density at radius 2 is 1.60 bits per heavy atom. The van der Waals surface area contributed by atoms with Gasteiger partial charge in [-0.25, -0.2) is 0 Å². The molecule has 0 aliphatic carbocycles. The average Bonchev–Trinajstić information content (AvgIpc) is 2.29. The second-order valence-corrected chi connectivity index (χ2v) is 2.83. The molecule has 0 aromatic heterocycles. The van der Waals surface area contributed by atoms with Crippen LogP contribution in [-0.4, -0.2) is 24.8 Å². The lowest BCUT2D eigenvalue weighted by Crippen LogP contribution is -1.81. The summed E-state index contributed by atoms with van der Waals surface area (Å²) < 4.78 is 5.12. The predicted octanol–water partition coefficient (Wildman–Crippen LogP) is 1.35. The van der Waals surface area contributed by atoms with Gasteiger partial charge in [-0.2, -0.15) is 0 Å². The van der Waals surface area contributed by atoms with Crippen molar-refractivity contribution in [2.24, 2.45) is 0 Å². The van der Waals surface area contributed by atoms with Gasteiger partial charge in [0.05, 0.1) is 7.11 Å². The molecular weight excluding hydrogens is 191 g/mol. The third-order valence-corrected chi connectivity index (χ3v) is 1.96. The Hall–Kier alpha value is -1.52. The summed E-state index contributed by atoms with van der Waals surface area (Å²) in [5.74, 6) is 0.911. The fourth-order valence-corrected chi connectivity index (χ4v) is 1.29. The molecule has 2 aromatic rings. The number of fused-ring (bicyclic) bond motifs is 1. The molecule has 0 heterocycles. The average molecular weight is 203 g/mol. The molecule has 15 heavy (non-hydrogen) atoms. The summed E-state index contributed by atoms with van der Waals surface area (Å²) in [6.45, 7) is 0. The van der Waals surface area contributed by atoms with E-state index in [1.54, 1.807) is 7.11 Å². The molecule has 0 atom stereocenters. The second kappa shape index (κ2) is 6.06. The van der Waals surface area contributed by atoms with Crippen molar-refractivity contribution in [3.63, 3.8) is 0 Å². The number of ether oxygens (including phenoxy) is 1. The van der Waals surface area contributed by atoms with E-state index in [1.165, 1.54) is 10.8 Å². The van der Waals surface area contributed by atoms with E-state index in [9.17, 15) is 0 Å². The van der Waals surface area contributed by atoms with Crippen molar-refractivity contribution in [3.8, 4) is 5.75 Å². The third kappa shape index (κ3) is 3.27. The molecular formula is C11H12BO3. The van der Waals surface area contributed by atoms with Crippen LogP contribution < -0.4 is 4.74 Å². The highest BCUT2D eigenvalue weighted by Gasteiger charge is 1.93. The van der Waals surface area contributed by atoms with Gasteiger partial charge in [0.25, 0.3) is 0 Å². The maximum atomic E-state index is 7.00. The first kappa shape index (κ1) is 11.6. The van der Waals surface area contributed by atoms with E-state index in [1.807, 2.05) is 24.3 Å². The van der Waals surface area contributed by atoms with E-state index in [2.05, 4.69) is 18.2 Å². The fraction of sp³-hybridized carbons (Fsp3) is 0.0909. The minimum Gasteiger partial charge on any atom is -0.497 e.